The van der Waals surface area contributed by atoms with Gasteiger partial charge in [-0.3, -0.25) is 4.79 Å². The van der Waals surface area contributed by atoms with Gasteiger partial charge < -0.3 is 20.1 Å². The van der Waals surface area contributed by atoms with Gasteiger partial charge in [0.25, 0.3) is 5.91 Å². The third-order valence-corrected chi connectivity index (χ3v) is 3.34. The highest BCUT2D eigenvalue weighted by Gasteiger charge is 2.14. The van der Waals surface area contributed by atoms with Crippen LogP contribution in [0.15, 0.2) is 48.5 Å². The minimum absolute atomic E-state index is 0. The summed E-state index contributed by atoms with van der Waals surface area (Å²) in [7, 11) is 0. The van der Waals surface area contributed by atoms with E-state index in [-0.39, 0.29) is 18.3 Å². The van der Waals surface area contributed by atoms with Gasteiger partial charge in [-0.15, -0.1) is 12.4 Å². The molecule has 0 saturated heterocycles. The lowest BCUT2D eigenvalue weighted by Crippen LogP contribution is -2.31. The van der Waals surface area contributed by atoms with Crippen LogP contribution in [0.25, 0.3) is 0 Å². The Labute approximate surface area is 155 Å². The molecule has 0 spiro atoms. The lowest BCUT2D eigenvalue weighted by Gasteiger charge is -2.14. The fourth-order valence-electron chi connectivity index (χ4n) is 2.21. The van der Waals surface area contributed by atoms with Gasteiger partial charge in [-0.05, 0) is 37.7 Å². The second-order valence-electron chi connectivity index (χ2n) is 5.09. The molecule has 0 aliphatic heterocycles. The normalized spacial score (nSPS) is 9.84. The van der Waals surface area contributed by atoms with Gasteiger partial charge in [0, 0.05) is 13.1 Å². The molecular weight excluding hydrogens is 340 g/mol. The second kappa shape index (κ2) is 11.3. The number of rotatable bonds is 9. The van der Waals surface area contributed by atoms with Crippen LogP contribution in [0.1, 0.15) is 24.2 Å². The lowest BCUT2D eigenvalue weighted by atomic mass is 10.2. The highest BCUT2D eigenvalue weighted by atomic mass is 35.5. The molecule has 2 N–H and O–H groups in total. The van der Waals surface area contributed by atoms with Gasteiger partial charge in [-0.1, -0.05) is 31.2 Å². The average molecular weight is 365 g/mol. The summed E-state index contributed by atoms with van der Waals surface area (Å²) < 4.78 is 11.5. The molecule has 2 rings (SSSR count). The van der Waals surface area contributed by atoms with E-state index in [4.69, 9.17) is 9.47 Å². The molecule has 0 saturated carbocycles. The van der Waals surface area contributed by atoms with Crippen molar-refractivity contribution in [3.05, 3.63) is 54.1 Å². The van der Waals surface area contributed by atoms with Gasteiger partial charge in [-0.2, -0.15) is 0 Å². The molecule has 0 radical (unpaired) electrons. The highest BCUT2D eigenvalue weighted by Crippen LogP contribution is 2.32. The minimum Gasteiger partial charge on any atom is -0.490 e. The lowest BCUT2D eigenvalue weighted by molar-refractivity contribution is 0.0951. The van der Waals surface area contributed by atoms with Gasteiger partial charge in [0.15, 0.2) is 11.5 Å². The number of nitrogens with one attached hydrogen (secondary N) is 2. The van der Waals surface area contributed by atoms with E-state index < -0.39 is 0 Å². The Morgan fingerprint density at radius 2 is 1.56 bits per heavy atom. The average Bonchev–Trinajstić information content (AvgIpc) is 2.61. The summed E-state index contributed by atoms with van der Waals surface area (Å²) in [6.07, 6.45) is 0. The number of hydrogen-bond donors (Lipinski definition) is 2. The molecule has 5 nitrogen and oxygen atoms in total. The second-order valence-corrected chi connectivity index (χ2v) is 5.09. The van der Waals surface area contributed by atoms with Crippen LogP contribution in [-0.2, 0) is 0 Å². The fourth-order valence-corrected chi connectivity index (χ4v) is 2.21. The minimum atomic E-state index is -0.155. The van der Waals surface area contributed by atoms with Gasteiger partial charge in [0.2, 0.25) is 0 Å². The number of para-hydroxylation sites is 3. The molecule has 2 aromatic carbocycles. The summed E-state index contributed by atoms with van der Waals surface area (Å²) >= 11 is 0. The van der Waals surface area contributed by atoms with Crippen molar-refractivity contribution in [2.75, 3.05) is 26.2 Å². The van der Waals surface area contributed by atoms with Crippen molar-refractivity contribution in [3.8, 4) is 17.2 Å². The third-order valence-electron chi connectivity index (χ3n) is 3.34. The molecule has 0 aliphatic rings. The molecule has 0 aliphatic carbocycles. The molecule has 0 atom stereocenters. The first-order valence-electron chi connectivity index (χ1n) is 8.23. The summed E-state index contributed by atoms with van der Waals surface area (Å²) in [6, 6.07) is 14.6. The van der Waals surface area contributed by atoms with Crippen LogP contribution in [0, 0.1) is 0 Å². The Balaban J connectivity index is 0.00000312. The van der Waals surface area contributed by atoms with E-state index in [1.54, 1.807) is 12.1 Å². The molecule has 0 fully saturated rings. The van der Waals surface area contributed by atoms with Crippen LogP contribution in [0.5, 0.6) is 17.2 Å². The Morgan fingerprint density at radius 1 is 0.920 bits per heavy atom. The Morgan fingerprint density at radius 3 is 2.24 bits per heavy atom. The summed E-state index contributed by atoms with van der Waals surface area (Å²) in [4.78, 5) is 12.4. The molecule has 2 aromatic rings. The Hall–Kier alpha value is -2.24. The van der Waals surface area contributed by atoms with Crippen LogP contribution < -0.4 is 20.1 Å². The first-order valence-corrected chi connectivity index (χ1v) is 8.23. The van der Waals surface area contributed by atoms with Crippen LogP contribution in [-0.4, -0.2) is 32.1 Å². The number of likely N-dealkylation sites (N-methyl/N-ethyl adjacent to an activating group) is 1. The molecule has 1 amide bonds. The number of carbonyl (C=O) groups excluding carboxylic acids is 1. The molecule has 136 valence electrons. The molecule has 25 heavy (non-hydrogen) atoms. The topological polar surface area (TPSA) is 59.6 Å². The number of benzene rings is 2. The summed E-state index contributed by atoms with van der Waals surface area (Å²) in [5, 5.41) is 6.06. The van der Waals surface area contributed by atoms with Crippen LogP contribution in [0.3, 0.4) is 0 Å². The predicted molar refractivity (Wildman–Crippen MR) is 102 cm³/mol. The van der Waals surface area contributed by atoms with E-state index in [9.17, 15) is 4.79 Å². The first kappa shape index (κ1) is 20.8. The summed E-state index contributed by atoms with van der Waals surface area (Å²) in [5.74, 6) is 1.60. The SMILES string of the molecule is CCNCCNC(=O)c1ccccc1Oc1ccccc1OCC.Cl. The Kier molecular flexibility index (Phi) is 9.43. The van der Waals surface area contributed by atoms with Crippen molar-refractivity contribution in [2.24, 2.45) is 0 Å². The number of amides is 1. The molecular formula is C19H25ClN2O3. The monoisotopic (exact) mass is 364 g/mol. The fraction of sp³-hybridized carbons (Fsp3) is 0.316. The van der Waals surface area contributed by atoms with E-state index in [0.29, 0.717) is 36.0 Å². The standard InChI is InChI=1S/C19H24N2O3.ClH/c1-3-20-13-14-21-19(22)15-9-5-6-10-16(15)24-18-12-8-7-11-17(18)23-4-2;/h5-12,20H,3-4,13-14H2,1-2H3,(H,21,22);1H. The molecule has 0 unspecified atom stereocenters. The highest BCUT2D eigenvalue weighted by molar-refractivity contribution is 5.97. The zero-order chi connectivity index (χ0) is 17.2. The molecule has 6 heteroatoms. The number of carbonyl (C=O) groups is 1. The predicted octanol–water partition coefficient (Wildman–Crippen LogP) is 3.64. The van der Waals surface area contributed by atoms with Crippen molar-refractivity contribution < 1.29 is 14.3 Å². The molecule has 0 aromatic heterocycles. The van der Waals surface area contributed by atoms with E-state index in [1.165, 1.54) is 0 Å². The zero-order valence-electron chi connectivity index (χ0n) is 14.6. The smallest absolute Gasteiger partial charge is 0.255 e. The largest absolute Gasteiger partial charge is 0.490 e. The molecule has 0 heterocycles. The van der Waals surface area contributed by atoms with E-state index in [1.807, 2.05) is 50.2 Å². The van der Waals surface area contributed by atoms with Crippen molar-refractivity contribution in [1.82, 2.24) is 10.6 Å². The van der Waals surface area contributed by atoms with E-state index in [2.05, 4.69) is 10.6 Å². The van der Waals surface area contributed by atoms with Crippen molar-refractivity contribution in [3.63, 3.8) is 0 Å². The van der Waals surface area contributed by atoms with Crippen LogP contribution in [0.2, 0.25) is 0 Å². The summed E-state index contributed by atoms with van der Waals surface area (Å²) in [5.41, 5.74) is 0.500. The summed E-state index contributed by atoms with van der Waals surface area (Å²) in [6.45, 7) is 6.68. The molecule has 0 bridgehead atoms. The van der Waals surface area contributed by atoms with E-state index in [0.717, 1.165) is 13.1 Å². The maximum atomic E-state index is 12.4. The van der Waals surface area contributed by atoms with Gasteiger partial charge in [0.1, 0.15) is 5.75 Å². The van der Waals surface area contributed by atoms with Gasteiger partial charge in [0.05, 0.1) is 12.2 Å². The van der Waals surface area contributed by atoms with Crippen molar-refractivity contribution in [2.45, 2.75) is 13.8 Å². The number of halogens is 1. The van der Waals surface area contributed by atoms with Crippen LogP contribution >= 0.6 is 12.4 Å². The number of hydrogen-bond acceptors (Lipinski definition) is 4. The van der Waals surface area contributed by atoms with Crippen molar-refractivity contribution >= 4 is 18.3 Å². The number of ether oxygens (including phenoxy) is 2. The van der Waals surface area contributed by atoms with Gasteiger partial charge >= 0.3 is 0 Å². The maximum absolute atomic E-state index is 12.4. The van der Waals surface area contributed by atoms with Crippen molar-refractivity contribution in [1.29, 1.82) is 0 Å². The maximum Gasteiger partial charge on any atom is 0.255 e. The Bertz CT molecular complexity index is 665. The first-order chi connectivity index (χ1) is 11.8. The van der Waals surface area contributed by atoms with Crippen LogP contribution in [0.4, 0.5) is 0 Å². The zero-order valence-corrected chi connectivity index (χ0v) is 15.4. The third kappa shape index (κ3) is 6.29. The van der Waals surface area contributed by atoms with E-state index >= 15 is 0 Å². The quantitative estimate of drug-likeness (QED) is 0.667. The van der Waals surface area contributed by atoms with Gasteiger partial charge in [-0.25, -0.2) is 0 Å².